The van der Waals surface area contributed by atoms with Gasteiger partial charge in [-0.15, -0.1) is 0 Å². The van der Waals surface area contributed by atoms with Crippen LogP contribution in [0.25, 0.3) is 55.6 Å². The normalized spacial score (nSPS) is 18.2. The lowest BCUT2D eigenvalue weighted by atomic mass is 9.73. The summed E-state index contributed by atoms with van der Waals surface area (Å²) < 4.78 is 0. The molecule has 0 saturated carbocycles. The second-order valence-corrected chi connectivity index (χ2v) is 20.5. The van der Waals surface area contributed by atoms with Crippen LogP contribution in [0.4, 0.5) is 17.1 Å². The summed E-state index contributed by atoms with van der Waals surface area (Å²) in [7, 11) is 0. The van der Waals surface area contributed by atoms with Gasteiger partial charge in [-0.05, 0) is 168 Å². The highest BCUT2D eigenvalue weighted by atomic mass is 15.1. The number of rotatable bonds is 6. The minimum atomic E-state index is -0.258. The lowest BCUT2D eigenvalue weighted by Gasteiger charge is -2.31. The van der Waals surface area contributed by atoms with Gasteiger partial charge in [-0.1, -0.05) is 202 Å². The molecule has 14 rings (SSSR count). The Labute approximate surface area is 406 Å². The van der Waals surface area contributed by atoms with Crippen molar-refractivity contribution >= 4 is 17.1 Å². The molecule has 2 atom stereocenters. The predicted molar refractivity (Wildman–Crippen MR) is 287 cm³/mol. The number of anilines is 3. The van der Waals surface area contributed by atoms with Gasteiger partial charge in [-0.25, -0.2) is 0 Å². The van der Waals surface area contributed by atoms with Crippen molar-refractivity contribution in [2.45, 2.75) is 49.9 Å². The highest BCUT2D eigenvalue weighted by Gasteiger charge is 2.48. The summed E-state index contributed by atoms with van der Waals surface area (Å²) in [5.41, 5.74) is 28.4. The smallest absolute Gasteiger partial charge is 0.0470 e. The van der Waals surface area contributed by atoms with Crippen molar-refractivity contribution in [1.29, 1.82) is 0 Å². The van der Waals surface area contributed by atoms with Crippen LogP contribution >= 0.6 is 0 Å². The molecule has 0 amide bonds. The third kappa shape index (κ3) is 5.59. The molecule has 1 heteroatoms. The molecule has 69 heavy (non-hydrogen) atoms. The van der Waals surface area contributed by atoms with Gasteiger partial charge in [0.25, 0.3) is 0 Å². The van der Waals surface area contributed by atoms with Crippen molar-refractivity contribution in [3.63, 3.8) is 0 Å². The number of benzene rings is 10. The Morgan fingerprint density at radius 2 is 0.884 bits per heavy atom. The zero-order valence-corrected chi connectivity index (χ0v) is 39.3. The molecular weight excluding hydrogens is 831 g/mol. The maximum Gasteiger partial charge on any atom is 0.0470 e. The number of nitrogens with zero attached hydrogens (tertiary/aromatic N) is 1. The summed E-state index contributed by atoms with van der Waals surface area (Å²) in [5.74, 6) is 0. The summed E-state index contributed by atoms with van der Waals surface area (Å²) in [6.45, 7) is 7.18. The van der Waals surface area contributed by atoms with E-state index < -0.39 is 0 Å². The number of aryl methyl sites for hydroxylation is 1. The fourth-order valence-electron chi connectivity index (χ4n) is 13.6. The monoisotopic (exact) mass is 881 g/mol. The highest BCUT2D eigenvalue weighted by molar-refractivity contribution is 5.92. The van der Waals surface area contributed by atoms with Gasteiger partial charge in [0.05, 0.1) is 0 Å². The molecule has 4 aliphatic carbocycles. The van der Waals surface area contributed by atoms with Crippen molar-refractivity contribution < 1.29 is 0 Å². The Hall–Kier alpha value is -8.00. The van der Waals surface area contributed by atoms with Crippen LogP contribution < -0.4 is 4.90 Å². The fraction of sp³-hybridized carbons (Fsp3) is 0.118. The van der Waals surface area contributed by atoms with Crippen LogP contribution in [-0.4, -0.2) is 0 Å². The highest BCUT2D eigenvalue weighted by Crippen LogP contribution is 2.60. The summed E-state index contributed by atoms with van der Waals surface area (Å²) >= 11 is 0. The first kappa shape index (κ1) is 40.1. The van der Waals surface area contributed by atoms with Gasteiger partial charge >= 0.3 is 0 Å². The molecule has 2 unspecified atom stereocenters. The second-order valence-electron chi connectivity index (χ2n) is 20.5. The lowest BCUT2D eigenvalue weighted by Crippen LogP contribution is -2.24. The summed E-state index contributed by atoms with van der Waals surface area (Å²) in [4.78, 5) is 2.50. The van der Waals surface area contributed by atoms with E-state index in [-0.39, 0.29) is 16.2 Å². The average Bonchev–Trinajstić information content (AvgIpc) is 4.09. The largest absolute Gasteiger partial charge is 0.310 e. The Kier molecular flexibility index (Phi) is 8.57. The van der Waals surface area contributed by atoms with E-state index in [1.54, 1.807) is 0 Å². The van der Waals surface area contributed by atoms with Crippen molar-refractivity contribution in [2.75, 3.05) is 4.90 Å². The summed E-state index contributed by atoms with van der Waals surface area (Å²) in [6, 6.07) is 87.2. The quantitative estimate of drug-likeness (QED) is 0.161. The van der Waals surface area contributed by atoms with Crippen LogP contribution in [0.5, 0.6) is 0 Å². The first-order valence-electron chi connectivity index (χ1n) is 24.7. The second kappa shape index (κ2) is 14.7. The standard InChI is InChI=1S/C68H51N/c1-66(2)60-28-12-8-24-55(60)58-26-16-25-52(65(58)66)47-18-15-21-50(41-47)69(51-36-38-57-54-23-10-14-30-62(54)68(64(57)43-51)40-39-45-17-7-11-27-59(45)68)49-34-31-44(32-35-49)46-33-37-56-53-22-9-13-29-61(53)67(3,63(56)42-46)48-19-5-4-6-20-48/h4-38,41-43H,39-40H2,1-3H3. The minimum Gasteiger partial charge on any atom is -0.310 e. The van der Waals surface area contributed by atoms with E-state index >= 15 is 0 Å². The first-order valence-corrected chi connectivity index (χ1v) is 24.7. The van der Waals surface area contributed by atoms with Crippen LogP contribution in [0.15, 0.2) is 231 Å². The van der Waals surface area contributed by atoms with Crippen molar-refractivity contribution in [2.24, 2.45) is 0 Å². The van der Waals surface area contributed by atoms with Crippen molar-refractivity contribution in [3.05, 3.63) is 281 Å². The molecule has 0 fully saturated rings. The van der Waals surface area contributed by atoms with Crippen LogP contribution in [0.2, 0.25) is 0 Å². The zero-order chi connectivity index (χ0) is 46.1. The average molecular weight is 882 g/mol. The molecule has 10 aromatic rings. The van der Waals surface area contributed by atoms with Gasteiger partial charge in [-0.3, -0.25) is 0 Å². The number of fused-ring (bicyclic) bond motifs is 13. The third-order valence-corrected chi connectivity index (χ3v) is 16.8. The van der Waals surface area contributed by atoms with Crippen LogP contribution in [0.3, 0.4) is 0 Å². The van der Waals surface area contributed by atoms with E-state index in [0.717, 1.165) is 29.9 Å². The predicted octanol–water partition coefficient (Wildman–Crippen LogP) is 17.4. The molecule has 0 N–H and O–H groups in total. The van der Waals surface area contributed by atoms with Gasteiger partial charge in [0.2, 0.25) is 0 Å². The van der Waals surface area contributed by atoms with E-state index in [9.17, 15) is 0 Å². The number of hydrogen-bond acceptors (Lipinski definition) is 1. The molecule has 4 aliphatic rings. The van der Waals surface area contributed by atoms with Crippen molar-refractivity contribution in [3.8, 4) is 55.6 Å². The topological polar surface area (TPSA) is 3.24 Å². The fourth-order valence-corrected chi connectivity index (χ4v) is 13.6. The minimum absolute atomic E-state index is 0.131. The third-order valence-electron chi connectivity index (χ3n) is 16.8. The van der Waals surface area contributed by atoms with Crippen LogP contribution in [0.1, 0.15) is 77.3 Å². The van der Waals surface area contributed by atoms with Gasteiger partial charge in [-0.2, -0.15) is 0 Å². The van der Waals surface area contributed by atoms with Crippen molar-refractivity contribution in [1.82, 2.24) is 0 Å². The van der Waals surface area contributed by atoms with E-state index in [0.29, 0.717) is 0 Å². The van der Waals surface area contributed by atoms with Gasteiger partial charge in [0.15, 0.2) is 0 Å². The van der Waals surface area contributed by atoms with Gasteiger partial charge in [0, 0.05) is 33.3 Å². The number of hydrogen-bond donors (Lipinski definition) is 0. The maximum absolute atomic E-state index is 2.53. The van der Waals surface area contributed by atoms with E-state index in [4.69, 9.17) is 0 Å². The molecule has 0 aromatic heterocycles. The van der Waals surface area contributed by atoms with Gasteiger partial charge in [0.1, 0.15) is 0 Å². The SMILES string of the molecule is CC1(C)c2ccccc2-c2cccc(-c3cccc(N(c4ccc(-c5ccc6c(c5)C(C)(c5ccccc5)c5ccccc5-6)cc4)c4ccc5c(c4)C4(CCc6ccccc64)c4ccccc4-5)c3)c21. The first-order chi connectivity index (χ1) is 33.8. The lowest BCUT2D eigenvalue weighted by molar-refractivity contribution is 0.626. The summed E-state index contributed by atoms with van der Waals surface area (Å²) in [6.07, 6.45) is 2.14. The molecule has 0 saturated heterocycles. The molecule has 0 radical (unpaired) electrons. The molecule has 0 bridgehead atoms. The Morgan fingerprint density at radius 1 is 0.333 bits per heavy atom. The Morgan fingerprint density at radius 3 is 1.68 bits per heavy atom. The molecule has 0 aliphatic heterocycles. The molecular formula is C68H51N. The van der Waals surface area contributed by atoms with Crippen LogP contribution in [-0.2, 0) is 22.7 Å². The van der Waals surface area contributed by atoms with Crippen LogP contribution in [0, 0.1) is 0 Å². The van der Waals surface area contributed by atoms with E-state index in [2.05, 4.69) is 256 Å². The molecule has 0 heterocycles. The molecule has 1 spiro atoms. The van der Waals surface area contributed by atoms with Gasteiger partial charge < -0.3 is 4.90 Å². The zero-order valence-electron chi connectivity index (χ0n) is 39.3. The molecule has 328 valence electrons. The van der Waals surface area contributed by atoms with E-state index in [1.807, 2.05) is 0 Å². The Balaban J connectivity index is 0.925. The maximum atomic E-state index is 2.53. The molecule has 1 nitrogen and oxygen atoms in total. The van der Waals surface area contributed by atoms with E-state index in [1.165, 1.54) is 106 Å². The molecule has 10 aromatic carbocycles. The Bertz CT molecular complexity index is 3720. The summed E-state index contributed by atoms with van der Waals surface area (Å²) in [5, 5.41) is 0.